The van der Waals surface area contributed by atoms with Crippen molar-refractivity contribution in [3.05, 3.63) is 0 Å². The minimum absolute atomic E-state index is 0.0872. The van der Waals surface area contributed by atoms with Gasteiger partial charge in [-0.25, -0.2) is 0 Å². The van der Waals surface area contributed by atoms with Gasteiger partial charge in [-0.05, 0) is 60.7 Å². The molecule has 2 N–H and O–H groups in total. The maximum absolute atomic E-state index is 13.2. The van der Waals surface area contributed by atoms with Crippen molar-refractivity contribution in [1.82, 2.24) is 0 Å². The molecule has 0 radical (unpaired) electrons. The van der Waals surface area contributed by atoms with E-state index in [0.29, 0.717) is 23.5 Å². The molecule has 1 spiro atoms. The van der Waals surface area contributed by atoms with Gasteiger partial charge in [0.15, 0.2) is 0 Å². The maximum Gasteiger partial charge on any atom is 0.145 e. The van der Waals surface area contributed by atoms with Crippen LogP contribution in [-0.4, -0.2) is 28.2 Å². The van der Waals surface area contributed by atoms with Crippen molar-refractivity contribution in [2.45, 2.75) is 72.0 Å². The number of aliphatic hydroxyl groups is 2. The number of hydrogen-bond donors (Lipinski definition) is 2. The molecule has 0 aromatic heterocycles. The Balaban J connectivity index is 1.62. The lowest BCUT2D eigenvalue weighted by atomic mass is 9.38. The Kier molecular flexibility index (Phi) is 2.41. The van der Waals surface area contributed by atoms with E-state index in [0.717, 1.165) is 32.1 Å². The molecule has 0 aliphatic heterocycles. The predicted molar refractivity (Wildman–Crippen MR) is 86.5 cm³/mol. The zero-order chi connectivity index (χ0) is 16.6. The molecule has 4 bridgehead atoms. The summed E-state index contributed by atoms with van der Waals surface area (Å²) in [6.45, 7) is 8.95. The number of ketones is 1. The minimum Gasteiger partial charge on any atom is -0.393 e. The van der Waals surface area contributed by atoms with Crippen molar-refractivity contribution in [3.8, 4) is 0 Å². The highest BCUT2D eigenvalue weighted by Gasteiger charge is 2.87. The first-order valence-corrected chi connectivity index (χ1v) is 9.53. The summed E-state index contributed by atoms with van der Waals surface area (Å²) in [5.74, 6) is 1.74. The molecule has 1 unspecified atom stereocenters. The summed E-state index contributed by atoms with van der Waals surface area (Å²) < 4.78 is 0. The summed E-state index contributed by atoms with van der Waals surface area (Å²) in [7, 11) is 0. The average Bonchev–Trinajstić information content (AvgIpc) is 3.07. The van der Waals surface area contributed by atoms with E-state index in [1.807, 2.05) is 0 Å². The Hall–Kier alpha value is -0.410. The highest BCUT2D eigenvalue weighted by Crippen LogP contribution is 2.83. The molecule has 0 saturated heterocycles. The predicted octanol–water partition coefficient (Wildman–Crippen LogP) is 2.79. The molecule has 6 aliphatic rings. The molecule has 23 heavy (non-hydrogen) atoms. The summed E-state index contributed by atoms with van der Waals surface area (Å²) in [6.07, 6.45) is 4.12. The fourth-order valence-corrected chi connectivity index (χ4v) is 8.53. The van der Waals surface area contributed by atoms with Crippen LogP contribution in [-0.2, 0) is 4.79 Å². The van der Waals surface area contributed by atoms with E-state index in [2.05, 4.69) is 27.7 Å². The van der Waals surface area contributed by atoms with Gasteiger partial charge in [-0.2, -0.15) is 0 Å². The third-order valence-corrected chi connectivity index (χ3v) is 9.84. The Bertz CT molecular complexity index is 612. The molecule has 0 aromatic carbocycles. The summed E-state index contributed by atoms with van der Waals surface area (Å²) in [5, 5.41) is 21.7. The zero-order valence-electron chi connectivity index (χ0n) is 14.8. The Morgan fingerprint density at radius 2 is 1.70 bits per heavy atom. The van der Waals surface area contributed by atoms with E-state index >= 15 is 0 Å². The van der Waals surface area contributed by atoms with Gasteiger partial charge in [-0.15, -0.1) is 0 Å². The van der Waals surface area contributed by atoms with E-state index < -0.39 is 11.5 Å². The van der Waals surface area contributed by atoms with E-state index in [4.69, 9.17) is 0 Å². The quantitative estimate of drug-likeness (QED) is 0.722. The highest BCUT2D eigenvalue weighted by atomic mass is 16.3. The zero-order valence-corrected chi connectivity index (χ0v) is 14.8. The van der Waals surface area contributed by atoms with Crippen molar-refractivity contribution in [2.24, 2.45) is 45.3 Å². The average molecular weight is 318 g/mol. The van der Waals surface area contributed by atoms with E-state index in [-0.39, 0.29) is 28.3 Å². The van der Waals surface area contributed by atoms with Crippen LogP contribution in [0.4, 0.5) is 0 Å². The first-order chi connectivity index (χ1) is 10.6. The van der Waals surface area contributed by atoms with Gasteiger partial charge in [0.2, 0.25) is 0 Å². The van der Waals surface area contributed by atoms with E-state index in [1.54, 1.807) is 0 Å². The van der Waals surface area contributed by atoms with Gasteiger partial charge < -0.3 is 10.2 Å². The third kappa shape index (κ3) is 1.24. The fraction of sp³-hybridized carbons (Fsp3) is 0.950. The van der Waals surface area contributed by atoms with E-state index in [1.165, 1.54) is 0 Å². The number of fused-ring (bicyclic) bond motifs is 1. The van der Waals surface area contributed by atoms with Crippen LogP contribution in [0.3, 0.4) is 0 Å². The topological polar surface area (TPSA) is 57.5 Å². The Morgan fingerprint density at radius 3 is 2.30 bits per heavy atom. The molecule has 128 valence electrons. The third-order valence-electron chi connectivity index (χ3n) is 9.84. The molecule has 9 atom stereocenters. The van der Waals surface area contributed by atoms with Crippen LogP contribution in [0, 0.1) is 45.3 Å². The van der Waals surface area contributed by atoms with Crippen LogP contribution in [0.15, 0.2) is 0 Å². The molecule has 0 amide bonds. The number of hydrogen-bond acceptors (Lipinski definition) is 3. The lowest BCUT2D eigenvalue weighted by molar-refractivity contribution is -0.215. The van der Waals surface area contributed by atoms with Gasteiger partial charge in [0.1, 0.15) is 5.78 Å². The largest absolute Gasteiger partial charge is 0.393 e. The molecule has 6 saturated carbocycles. The molecule has 0 heterocycles. The van der Waals surface area contributed by atoms with Crippen molar-refractivity contribution < 1.29 is 15.0 Å². The molecular formula is C20H30O3. The van der Waals surface area contributed by atoms with Gasteiger partial charge in [-0.1, -0.05) is 27.7 Å². The molecule has 3 heteroatoms. The molecule has 6 fully saturated rings. The van der Waals surface area contributed by atoms with Gasteiger partial charge in [-0.3, -0.25) is 4.79 Å². The van der Waals surface area contributed by atoms with Gasteiger partial charge in [0.25, 0.3) is 0 Å². The first kappa shape index (κ1) is 14.9. The van der Waals surface area contributed by atoms with Crippen molar-refractivity contribution in [3.63, 3.8) is 0 Å². The van der Waals surface area contributed by atoms with Crippen LogP contribution in [0.1, 0.15) is 59.8 Å². The number of Topliss-reactive ketones (excluding diaryl/α,β-unsaturated/α-hetero) is 1. The van der Waals surface area contributed by atoms with Crippen LogP contribution < -0.4 is 0 Å². The van der Waals surface area contributed by atoms with Gasteiger partial charge in [0.05, 0.1) is 17.6 Å². The standard InChI is InChI=1S/C20H30O3/c1-17(2)11-5-8-20-12(18(11,3)7-6-13(17)21)9-10-14(15(20)22)19(10,4)16(20)23/h10-14,16,21,23H,5-9H2,1-4H3/t10-,11+,12-,13+,14?,16+,18+,19+,20-/m0/s1. The van der Waals surface area contributed by atoms with Crippen molar-refractivity contribution in [1.29, 1.82) is 0 Å². The summed E-state index contributed by atoms with van der Waals surface area (Å²) >= 11 is 0. The van der Waals surface area contributed by atoms with Crippen LogP contribution in [0.5, 0.6) is 0 Å². The normalized spacial score (nSPS) is 65.0. The lowest BCUT2D eigenvalue weighted by Crippen LogP contribution is -2.65. The molecule has 6 aliphatic carbocycles. The Labute approximate surface area is 138 Å². The first-order valence-electron chi connectivity index (χ1n) is 9.53. The highest BCUT2D eigenvalue weighted by molar-refractivity contribution is 5.97. The number of carbonyl (C=O) groups is 1. The molecule has 6 rings (SSSR count). The van der Waals surface area contributed by atoms with Crippen LogP contribution in [0.2, 0.25) is 0 Å². The monoisotopic (exact) mass is 318 g/mol. The number of aliphatic hydroxyl groups excluding tert-OH is 2. The lowest BCUT2D eigenvalue weighted by Gasteiger charge is -2.66. The summed E-state index contributed by atoms with van der Waals surface area (Å²) in [6, 6.07) is 0. The second-order valence-corrected chi connectivity index (χ2v) is 10.5. The smallest absolute Gasteiger partial charge is 0.145 e. The summed E-state index contributed by atoms with van der Waals surface area (Å²) in [5.41, 5.74) is -0.569. The SMILES string of the molecule is CC1(C)[C@H](O)CC[C@]2(C)[C@@H]1CC[C@@]13C(=O)C4[C@H](C[C@@H]21)[C@@]4(C)[C@H]3O. The number of carbonyl (C=O) groups excluding carboxylic acids is 1. The molecular weight excluding hydrogens is 288 g/mol. The van der Waals surface area contributed by atoms with E-state index in [9.17, 15) is 15.0 Å². The van der Waals surface area contributed by atoms with Crippen LogP contribution in [0.25, 0.3) is 0 Å². The van der Waals surface area contributed by atoms with Crippen molar-refractivity contribution in [2.75, 3.05) is 0 Å². The number of rotatable bonds is 0. The van der Waals surface area contributed by atoms with Crippen molar-refractivity contribution >= 4 is 5.78 Å². The second kappa shape index (κ2) is 3.72. The van der Waals surface area contributed by atoms with Gasteiger partial charge >= 0.3 is 0 Å². The maximum atomic E-state index is 13.2. The second-order valence-electron chi connectivity index (χ2n) is 10.5. The van der Waals surface area contributed by atoms with Gasteiger partial charge in [0, 0.05) is 11.3 Å². The molecule has 0 aromatic rings. The molecule has 3 nitrogen and oxygen atoms in total. The summed E-state index contributed by atoms with van der Waals surface area (Å²) in [4.78, 5) is 13.2. The Morgan fingerprint density at radius 1 is 1.00 bits per heavy atom. The fourth-order valence-electron chi connectivity index (χ4n) is 8.53. The minimum atomic E-state index is -0.461. The van der Waals surface area contributed by atoms with Crippen LogP contribution >= 0.6 is 0 Å².